The van der Waals surface area contributed by atoms with Gasteiger partial charge in [-0.1, -0.05) is 0 Å². The number of hydrogen-bond acceptors (Lipinski definition) is 5. The Morgan fingerprint density at radius 2 is 1.95 bits per heavy atom. The second-order valence-corrected chi connectivity index (χ2v) is 4.47. The summed E-state index contributed by atoms with van der Waals surface area (Å²) in [6.45, 7) is 3.97. The minimum atomic E-state index is -0.682. The average Bonchev–Trinajstić information content (AvgIpc) is 2.47. The summed E-state index contributed by atoms with van der Waals surface area (Å²) in [6, 6.07) is 4.84. The third-order valence-corrected chi connectivity index (χ3v) is 2.85. The predicted octanol–water partition coefficient (Wildman–Crippen LogP) is 1.43. The number of hydrogen-bond donors (Lipinski definition) is 1. The van der Waals surface area contributed by atoms with Gasteiger partial charge in [0.25, 0.3) is 5.91 Å². The van der Waals surface area contributed by atoms with Crippen LogP contribution in [0.3, 0.4) is 0 Å². The molecule has 0 saturated heterocycles. The second kappa shape index (κ2) is 8.26. The molecular formula is C15H21NO5. The maximum absolute atomic E-state index is 11.8. The largest absolute Gasteiger partial charge is 0.493 e. The van der Waals surface area contributed by atoms with Gasteiger partial charge in [0.1, 0.15) is 0 Å². The molecule has 1 aromatic carbocycles. The first kappa shape index (κ1) is 17.0. The number of amides is 1. The number of benzene rings is 1. The summed E-state index contributed by atoms with van der Waals surface area (Å²) in [6.07, 6.45) is -0.682. The minimum absolute atomic E-state index is 0.0646. The fourth-order valence-electron chi connectivity index (χ4n) is 1.65. The molecule has 0 fully saturated rings. The van der Waals surface area contributed by atoms with E-state index in [0.29, 0.717) is 30.2 Å². The number of carbonyl (C=O) groups is 2. The fraction of sp³-hybridized carbons (Fsp3) is 0.467. The second-order valence-electron chi connectivity index (χ2n) is 4.47. The molecule has 1 atom stereocenters. The molecule has 0 saturated carbocycles. The quantitative estimate of drug-likeness (QED) is 0.580. The van der Waals surface area contributed by atoms with Gasteiger partial charge < -0.3 is 19.5 Å². The van der Waals surface area contributed by atoms with Crippen molar-refractivity contribution in [2.24, 2.45) is 0 Å². The van der Waals surface area contributed by atoms with Crippen molar-refractivity contribution >= 4 is 11.7 Å². The van der Waals surface area contributed by atoms with Gasteiger partial charge in [0.2, 0.25) is 0 Å². The van der Waals surface area contributed by atoms with Gasteiger partial charge in [-0.15, -0.1) is 0 Å². The molecule has 0 spiro atoms. The molecule has 0 aliphatic heterocycles. The Balaban J connectivity index is 2.73. The molecule has 21 heavy (non-hydrogen) atoms. The van der Waals surface area contributed by atoms with Crippen LogP contribution in [0.4, 0.5) is 0 Å². The lowest BCUT2D eigenvalue weighted by Crippen LogP contribution is -2.38. The van der Waals surface area contributed by atoms with Gasteiger partial charge in [0.05, 0.1) is 13.7 Å². The summed E-state index contributed by atoms with van der Waals surface area (Å²) in [5, 5.41) is 2.69. The van der Waals surface area contributed by atoms with Crippen molar-refractivity contribution in [2.45, 2.75) is 20.0 Å². The Kier molecular flexibility index (Phi) is 6.68. The summed E-state index contributed by atoms with van der Waals surface area (Å²) in [5.41, 5.74) is 0.524. The molecule has 6 heteroatoms. The van der Waals surface area contributed by atoms with Gasteiger partial charge in [-0.2, -0.15) is 0 Å². The summed E-state index contributed by atoms with van der Waals surface area (Å²) < 4.78 is 15.6. The Bertz CT molecular complexity index is 501. The van der Waals surface area contributed by atoms with E-state index in [-0.39, 0.29) is 11.7 Å². The summed E-state index contributed by atoms with van der Waals surface area (Å²) in [5.74, 6) is 0.520. The lowest BCUT2D eigenvalue weighted by atomic mass is 10.1. The van der Waals surface area contributed by atoms with Crippen LogP contribution in [0.25, 0.3) is 0 Å². The number of Topliss-reactive ketones (excluding diaryl/α,β-unsaturated/α-hetero) is 1. The lowest BCUT2D eigenvalue weighted by molar-refractivity contribution is -0.127. The molecule has 0 heterocycles. The number of ketones is 1. The van der Waals surface area contributed by atoms with Gasteiger partial charge in [0.15, 0.2) is 23.4 Å². The predicted molar refractivity (Wildman–Crippen MR) is 78.0 cm³/mol. The van der Waals surface area contributed by atoms with Crippen molar-refractivity contribution in [3.63, 3.8) is 0 Å². The first-order valence-corrected chi connectivity index (χ1v) is 6.61. The molecule has 1 aromatic rings. The topological polar surface area (TPSA) is 73.9 Å². The number of methoxy groups -OCH3 is 2. The average molecular weight is 295 g/mol. The lowest BCUT2D eigenvalue weighted by Gasteiger charge is -2.17. The van der Waals surface area contributed by atoms with E-state index >= 15 is 0 Å². The van der Waals surface area contributed by atoms with Crippen LogP contribution in [0.15, 0.2) is 18.2 Å². The summed E-state index contributed by atoms with van der Waals surface area (Å²) in [4.78, 5) is 23.1. The van der Waals surface area contributed by atoms with Crippen molar-refractivity contribution in [1.29, 1.82) is 0 Å². The molecule has 6 nitrogen and oxygen atoms in total. The molecule has 0 aliphatic rings. The number of ether oxygens (including phenoxy) is 3. The third kappa shape index (κ3) is 5.07. The number of rotatable bonds is 8. The zero-order valence-corrected chi connectivity index (χ0v) is 12.8. The standard InChI is InChI=1S/C15H21NO5/c1-10(17)12-5-6-13(14(9-12)20-4)21-11(2)15(18)16-7-8-19-3/h5-6,9,11H,7-8H2,1-4H3,(H,16,18)/t11-/m0/s1. The van der Waals surface area contributed by atoms with E-state index in [0.717, 1.165) is 0 Å². The Labute approximate surface area is 124 Å². The van der Waals surface area contributed by atoms with E-state index in [1.54, 1.807) is 32.2 Å². The summed E-state index contributed by atoms with van der Waals surface area (Å²) >= 11 is 0. The highest BCUT2D eigenvalue weighted by Crippen LogP contribution is 2.29. The number of carbonyl (C=O) groups excluding carboxylic acids is 2. The summed E-state index contributed by atoms with van der Waals surface area (Å²) in [7, 11) is 3.04. The fourth-order valence-corrected chi connectivity index (χ4v) is 1.65. The van der Waals surface area contributed by atoms with E-state index < -0.39 is 6.10 Å². The van der Waals surface area contributed by atoms with Crippen molar-refractivity contribution in [3.8, 4) is 11.5 Å². The van der Waals surface area contributed by atoms with Crippen molar-refractivity contribution in [1.82, 2.24) is 5.32 Å². The van der Waals surface area contributed by atoms with Crippen LogP contribution in [-0.4, -0.2) is 45.2 Å². The molecule has 0 radical (unpaired) electrons. The maximum Gasteiger partial charge on any atom is 0.260 e. The molecule has 1 N–H and O–H groups in total. The highest BCUT2D eigenvalue weighted by molar-refractivity contribution is 5.94. The van der Waals surface area contributed by atoms with Crippen LogP contribution in [0.5, 0.6) is 11.5 Å². The maximum atomic E-state index is 11.8. The van der Waals surface area contributed by atoms with Crippen LogP contribution in [0.2, 0.25) is 0 Å². The van der Waals surface area contributed by atoms with Gasteiger partial charge >= 0.3 is 0 Å². The molecule has 0 aliphatic carbocycles. The zero-order valence-electron chi connectivity index (χ0n) is 12.8. The van der Waals surface area contributed by atoms with Crippen LogP contribution in [0, 0.1) is 0 Å². The smallest absolute Gasteiger partial charge is 0.260 e. The van der Waals surface area contributed by atoms with Crippen LogP contribution < -0.4 is 14.8 Å². The number of nitrogens with one attached hydrogen (secondary N) is 1. The van der Waals surface area contributed by atoms with E-state index in [1.807, 2.05) is 0 Å². The zero-order chi connectivity index (χ0) is 15.8. The molecule has 0 aromatic heterocycles. The van der Waals surface area contributed by atoms with Crippen LogP contribution in [0.1, 0.15) is 24.2 Å². The third-order valence-electron chi connectivity index (χ3n) is 2.85. The van der Waals surface area contributed by atoms with E-state index in [4.69, 9.17) is 14.2 Å². The van der Waals surface area contributed by atoms with Gasteiger partial charge in [-0.25, -0.2) is 0 Å². The highest BCUT2D eigenvalue weighted by atomic mass is 16.5. The minimum Gasteiger partial charge on any atom is -0.493 e. The normalized spacial score (nSPS) is 11.6. The Morgan fingerprint density at radius 3 is 2.52 bits per heavy atom. The van der Waals surface area contributed by atoms with Crippen molar-refractivity contribution in [2.75, 3.05) is 27.4 Å². The Hall–Kier alpha value is -2.08. The monoisotopic (exact) mass is 295 g/mol. The van der Waals surface area contributed by atoms with Gasteiger partial charge in [-0.05, 0) is 32.0 Å². The van der Waals surface area contributed by atoms with E-state index in [9.17, 15) is 9.59 Å². The Morgan fingerprint density at radius 1 is 1.24 bits per heavy atom. The van der Waals surface area contributed by atoms with Gasteiger partial charge in [0, 0.05) is 19.2 Å². The molecule has 0 unspecified atom stereocenters. The van der Waals surface area contributed by atoms with Crippen molar-refractivity contribution < 1.29 is 23.8 Å². The van der Waals surface area contributed by atoms with E-state index in [1.165, 1.54) is 14.0 Å². The highest BCUT2D eigenvalue weighted by Gasteiger charge is 2.17. The van der Waals surface area contributed by atoms with E-state index in [2.05, 4.69) is 5.32 Å². The first-order chi connectivity index (χ1) is 9.99. The molecule has 1 rings (SSSR count). The SMILES string of the molecule is COCCNC(=O)[C@H](C)Oc1ccc(C(C)=O)cc1OC. The molecular weight excluding hydrogens is 274 g/mol. The van der Waals surface area contributed by atoms with Crippen molar-refractivity contribution in [3.05, 3.63) is 23.8 Å². The molecule has 116 valence electrons. The van der Waals surface area contributed by atoms with Crippen LogP contribution >= 0.6 is 0 Å². The van der Waals surface area contributed by atoms with Gasteiger partial charge in [-0.3, -0.25) is 9.59 Å². The first-order valence-electron chi connectivity index (χ1n) is 6.61. The molecule has 1 amide bonds. The molecule has 0 bridgehead atoms. The van der Waals surface area contributed by atoms with Crippen LogP contribution in [-0.2, 0) is 9.53 Å².